The largest absolute Gasteiger partial charge is 0.378 e. The van der Waals surface area contributed by atoms with Crippen LogP contribution < -0.4 is 26.5 Å². The molecule has 0 radical (unpaired) electrons. The molecule has 4 aromatic rings. The molecule has 36 heavy (non-hydrogen) atoms. The maximum Gasteiger partial charge on any atom is 0.339 e. The van der Waals surface area contributed by atoms with Crippen molar-refractivity contribution in [1.29, 1.82) is 0 Å². The average Bonchev–Trinajstić information content (AvgIpc) is 3.67. The van der Waals surface area contributed by atoms with Gasteiger partial charge in [0, 0.05) is 19.2 Å². The Morgan fingerprint density at radius 1 is 1.03 bits per heavy atom. The van der Waals surface area contributed by atoms with Gasteiger partial charge in [-0.25, -0.2) is 9.36 Å². The summed E-state index contributed by atoms with van der Waals surface area (Å²) >= 11 is 0. The smallest absolute Gasteiger partial charge is 0.339 e. The molecule has 0 aliphatic heterocycles. The number of anilines is 1. The summed E-state index contributed by atoms with van der Waals surface area (Å²) in [5.41, 5.74) is 1.06. The second-order valence-electron chi connectivity index (χ2n) is 8.64. The molecule has 186 valence electrons. The van der Waals surface area contributed by atoms with E-state index < -0.39 is 32.7 Å². The third-order valence-electron chi connectivity index (χ3n) is 6.07. The molecule has 2 aromatic heterocycles. The van der Waals surface area contributed by atoms with Crippen molar-refractivity contribution >= 4 is 26.8 Å². The second-order valence-corrected chi connectivity index (χ2v) is 10.2. The Hall–Kier alpha value is -4.16. The number of pyridine rings is 1. The van der Waals surface area contributed by atoms with Crippen molar-refractivity contribution < 1.29 is 17.8 Å². The Labute approximate surface area is 204 Å². The maximum absolute atomic E-state index is 13.6. The van der Waals surface area contributed by atoms with Gasteiger partial charge in [-0.3, -0.25) is 29.4 Å². The number of benzene rings is 2. The molecule has 2 aromatic carbocycles. The number of hydrogen-bond acceptors (Lipinski definition) is 8. The highest BCUT2D eigenvalue weighted by atomic mass is 32.2. The minimum atomic E-state index is -4.41. The number of aryl methyl sites for hydroxylation is 2. The summed E-state index contributed by atoms with van der Waals surface area (Å²) in [6.45, 7) is 1.80. The molecule has 2 N–H and O–H groups in total. The van der Waals surface area contributed by atoms with Crippen LogP contribution in [0.25, 0.3) is 16.7 Å². The second kappa shape index (κ2) is 8.50. The third kappa shape index (κ3) is 3.89. The first-order valence-corrected chi connectivity index (χ1v) is 12.5. The van der Waals surface area contributed by atoms with Crippen molar-refractivity contribution in [1.82, 2.24) is 13.7 Å². The number of hydrogen-bond donors (Lipinski definition) is 2. The highest BCUT2D eigenvalue weighted by Gasteiger charge is 2.32. The highest BCUT2D eigenvalue weighted by Crippen LogP contribution is 2.34. The summed E-state index contributed by atoms with van der Waals surface area (Å²) in [6, 6.07) is 12.6. The van der Waals surface area contributed by atoms with Crippen LogP contribution in [-0.4, -0.2) is 27.3 Å². The monoisotopic (exact) mass is 510 g/mol. The minimum absolute atomic E-state index is 0.140. The van der Waals surface area contributed by atoms with Gasteiger partial charge in [-0.05, 0) is 50.1 Å². The fraction of sp³-hybridized carbons (Fsp3) is 0.208. The Bertz CT molecular complexity index is 1800. The van der Waals surface area contributed by atoms with Gasteiger partial charge >= 0.3 is 15.8 Å². The summed E-state index contributed by atoms with van der Waals surface area (Å²) in [7, 11) is -3.04. The van der Waals surface area contributed by atoms with Crippen LogP contribution >= 0.6 is 0 Å². The van der Waals surface area contributed by atoms with Crippen molar-refractivity contribution in [3.05, 3.63) is 91.4 Å². The van der Waals surface area contributed by atoms with E-state index in [4.69, 9.17) is 4.18 Å². The van der Waals surface area contributed by atoms with Crippen molar-refractivity contribution in [3.8, 4) is 11.4 Å². The molecule has 0 saturated heterocycles. The summed E-state index contributed by atoms with van der Waals surface area (Å²) in [6.07, 6.45) is 1.20. The van der Waals surface area contributed by atoms with Crippen LogP contribution in [-0.2, 0) is 17.2 Å². The van der Waals surface area contributed by atoms with Crippen molar-refractivity contribution in [2.24, 2.45) is 7.05 Å². The van der Waals surface area contributed by atoms with Crippen LogP contribution in [0.3, 0.4) is 0 Å². The van der Waals surface area contributed by atoms with E-state index >= 15 is 0 Å². The standard InChI is InChI=1S/C24H22N4O7S/c1-14-6-10-18(11-7-14)36(33,34)35-19-13-20(29)26(2)22-21(19)23(30)28(16-8-9-16)24(31)27(22)17-5-3-4-15(12-17)25-32/h3-7,10-13,16,25,32H,8-9H2,1-2H3. The molecular formula is C24H22N4O7S. The molecule has 0 atom stereocenters. The van der Waals surface area contributed by atoms with Gasteiger partial charge in [0.25, 0.3) is 11.1 Å². The van der Waals surface area contributed by atoms with E-state index in [-0.39, 0.29) is 33.3 Å². The number of fused-ring (bicyclic) bond motifs is 1. The Morgan fingerprint density at radius 3 is 2.36 bits per heavy atom. The Morgan fingerprint density at radius 2 is 1.72 bits per heavy atom. The lowest BCUT2D eigenvalue weighted by Gasteiger charge is -2.18. The van der Waals surface area contributed by atoms with Gasteiger partial charge in [0.05, 0.1) is 11.4 Å². The molecule has 0 amide bonds. The van der Waals surface area contributed by atoms with Crippen LogP contribution in [0.1, 0.15) is 24.4 Å². The quantitative estimate of drug-likeness (QED) is 0.297. The lowest BCUT2D eigenvalue weighted by Crippen LogP contribution is -2.41. The molecule has 0 unspecified atom stereocenters. The molecule has 1 fully saturated rings. The van der Waals surface area contributed by atoms with Gasteiger partial charge in [0.2, 0.25) is 0 Å². The molecule has 0 bridgehead atoms. The molecule has 1 saturated carbocycles. The summed E-state index contributed by atoms with van der Waals surface area (Å²) in [5.74, 6) is -0.474. The summed E-state index contributed by atoms with van der Waals surface area (Å²) in [5, 5.41) is 9.12. The topological polar surface area (TPSA) is 142 Å². The molecule has 2 heterocycles. The zero-order chi connectivity index (χ0) is 25.8. The van der Waals surface area contributed by atoms with Crippen LogP contribution in [0.15, 0.2) is 73.9 Å². The van der Waals surface area contributed by atoms with Gasteiger partial charge < -0.3 is 4.18 Å². The zero-order valence-corrected chi connectivity index (χ0v) is 20.2. The third-order valence-corrected chi connectivity index (χ3v) is 7.32. The van der Waals surface area contributed by atoms with E-state index in [1.165, 1.54) is 25.2 Å². The minimum Gasteiger partial charge on any atom is -0.378 e. The lowest BCUT2D eigenvalue weighted by molar-refractivity contribution is 0.389. The van der Waals surface area contributed by atoms with E-state index in [1.807, 2.05) is 5.48 Å². The van der Waals surface area contributed by atoms with E-state index in [2.05, 4.69) is 0 Å². The Kier molecular flexibility index (Phi) is 5.57. The highest BCUT2D eigenvalue weighted by molar-refractivity contribution is 7.87. The number of aromatic nitrogens is 3. The predicted molar refractivity (Wildman–Crippen MR) is 132 cm³/mol. The van der Waals surface area contributed by atoms with Crippen LogP contribution in [0.2, 0.25) is 0 Å². The predicted octanol–water partition coefficient (Wildman–Crippen LogP) is 2.06. The normalized spacial score (nSPS) is 13.6. The Balaban J connectivity index is 1.86. The van der Waals surface area contributed by atoms with Gasteiger partial charge in [-0.15, -0.1) is 0 Å². The van der Waals surface area contributed by atoms with Crippen molar-refractivity contribution in [3.63, 3.8) is 0 Å². The van der Waals surface area contributed by atoms with Crippen LogP contribution in [0, 0.1) is 6.92 Å². The van der Waals surface area contributed by atoms with E-state index in [0.29, 0.717) is 12.8 Å². The van der Waals surface area contributed by atoms with Crippen molar-refractivity contribution in [2.75, 3.05) is 5.48 Å². The maximum atomic E-state index is 13.6. The molecule has 11 nitrogen and oxygen atoms in total. The van der Waals surface area contributed by atoms with Gasteiger partial charge in [-0.2, -0.15) is 8.42 Å². The molecular weight excluding hydrogens is 488 g/mol. The molecule has 12 heteroatoms. The van der Waals surface area contributed by atoms with E-state index in [9.17, 15) is 28.0 Å². The van der Waals surface area contributed by atoms with Gasteiger partial charge in [0.15, 0.2) is 5.75 Å². The molecule has 1 aliphatic rings. The lowest BCUT2D eigenvalue weighted by atomic mass is 10.2. The summed E-state index contributed by atoms with van der Waals surface area (Å²) < 4.78 is 34.8. The fourth-order valence-electron chi connectivity index (χ4n) is 4.07. The summed E-state index contributed by atoms with van der Waals surface area (Å²) in [4.78, 5) is 39.9. The van der Waals surface area contributed by atoms with Crippen LogP contribution in [0.5, 0.6) is 5.75 Å². The van der Waals surface area contributed by atoms with Crippen molar-refractivity contribution in [2.45, 2.75) is 30.7 Å². The molecule has 0 spiro atoms. The first-order chi connectivity index (χ1) is 17.1. The first kappa shape index (κ1) is 23.6. The molecule has 1 aliphatic carbocycles. The SMILES string of the molecule is Cc1ccc(S(=O)(=O)Oc2cc(=O)n(C)c3c2c(=O)n(C2CC2)c(=O)n3-c2cccc(NO)c2)cc1. The first-order valence-electron chi connectivity index (χ1n) is 11.1. The van der Waals surface area contributed by atoms with E-state index in [0.717, 1.165) is 25.3 Å². The van der Waals surface area contributed by atoms with Crippen LogP contribution in [0.4, 0.5) is 5.69 Å². The van der Waals surface area contributed by atoms with Gasteiger partial charge in [0.1, 0.15) is 15.9 Å². The average molecular weight is 511 g/mol. The molecule has 5 rings (SSSR count). The number of rotatable bonds is 6. The zero-order valence-electron chi connectivity index (χ0n) is 19.3. The fourth-order valence-corrected chi connectivity index (χ4v) is 5.00. The van der Waals surface area contributed by atoms with E-state index in [1.54, 1.807) is 37.3 Å². The number of nitrogens with one attached hydrogen (secondary N) is 1. The number of nitrogens with zero attached hydrogens (tertiary/aromatic N) is 3. The van der Waals surface area contributed by atoms with Gasteiger partial charge in [-0.1, -0.05) is 23.8 Å².